The van der Waals surface area contributed by atoms with E-state index in [-0.39, 0.29) is 24.5 Å². The number of ether oxygens (including phenoxy) is 1. The van der Waals surface area contributed by atoms with Gasteiger partial charge in [-0.2, -0.15) is 0 Å². The second-order valence-corrected chi connectivity index (χ2v) is 7.13. The topological polar surface area (TPSA) is 114 Å². The molecule has 0 aromatic heterocycles. The van der Waals surface area contributed by atoms with Gasteiger partial charge in [0.15, 0.2) is 0 Å². The van der Waals surface area contributed by atoms with Crippen molar-refractivity contribution in [2.24, 2.45) is 5.73 Å². The molecule has 0 saturated carbocycles. The number of hydrogen-bond acceptors (Lipinski definition) is 6. The number of benzene rings is 2. The molecule has 8 nitrogen and oxygen atoms in total. The highest BCUT2D eigenvalue weighted by Gasteiger charge is 2.32. The predicted molar refractivity (Wildman–Crippen MR) is 115 cm³/mol. The molecule has 158 valence electrons. The van der Waals surface area contributed by atoms with Gasteiger partial charge in [0.1, 0.15) is 0 Å². The Bertz CT molecular complexity index is 929. The van der Waals surface area contributed by atoms with E-state index in [1.54, 1.807) is 12.1 Å². The Hall–Kier alpha value is -3.39. The van der Waals surface area contributed by atoms with Crippen LogP contribution < -0.4 is 21.3 Å². The normalized spacial score (nSPS) is 17.6. The molecule has 0 radical (unpaired) electrons. The Morgan fingerprint density at radius 1 is 1.10 bits per heavy atom. The van der Waals surface area contributed by atoms with Gasteiger partial charge in [0.05, 0.1) is 12.6 Å². The van der Waals surface area contributed by atoms with E-state index in [2.05, 4.69) is 22.3 Å². The molecule has 2 aromatic rings. The van der Waals surface area contributed by atoms with E-state index in [4.69, 9.17) is 5.73 Å². The van der Waals surface area contributed by atoms with Crippen LogP contribution in [-0.4, -0.2) is 30.6 Å². The largest absolute Gasteiger partial charge is 0.419 e. The molecule has 0 fully saturated rings. The summed E-state index contributed by atoms with van der Waals surface area (Å²) in [6.07, 6.45) is 0.364. The Labute approximate surface area is 175 Å². The standard InChI is InChI=1S/C22H26N4O4/c1-3-20(27)26-14(2)12-18(17-6-4-5-7-19(17)26)24-15-8-10-16(11-9-15)25-22(29)30-21(28)13-23/h4-11,14,18,24H,3,12-13,23H2,1-2H3,(H,25,29)/t14-,18+/m0/s1. The lowest BCUT2D eigenvalue weighted by molar-refractivity contribution is -0.135. The van der Waals surface area contributed by atoms with E-state index < -0.39 is 12.1 Å². The van der Waals surface area contributed by atoms with Crippen molar-refractivity contribution in [1.29, 1.82) is 0 Å². The minimum absolute atomic E-state index is 0.0445. The summed E-state index contributed by atoms with van der Waals surface area (Å²) >= 11 is 0. The van der Waals surface area contributed by atoms with Crippen LogP contribution in [0, 0.1) is 0 Å². The summed E-state index contributed by atoms with van der Waals surface area (Å²) in [5, 5.41) is 5.99. The van der Waals surface area contributed by atoms with Gasteiger partial charge < -0.3 is 20.7 Å². The minimum atomic E-state index is -0.873. The number of nitrogens with one attached hydrogen (secondary N) is 2. The van der Waals surface area contributed by atoms with Crippen molar-refractivity contribution in [3.8, 4) is 0 Å². The van der Waals surface area contributed by atoms with Crippen molar-refractivity contribution in [2.75, 3.05) is 22.1 Å². The first-order chi connectivity index (χ1) is 14.4. The maximum absolute atomic E-state index is 12.4. The summed E-state index contributed by atoms with van der Waals surface area (Å²) < 4.78 is 4.48. The summed E-state index contributed by atoms with van der Waals surface area (Å²) in [4.78, 5) is 37.0. The number of nitrogens with zero attached hydrogens (tertiary/aromatic N) is 1. The van der Waals surface area contributed by atoms with E-state index in [1.807, 2.05) is 48.2 Å². The number of rotatable bonds is 5. The third kappa shape index (κ3) is 4.77. The first-order valence-electron chi connectivity index (χ1n) is 9.92. The maximum atomic E-state index is 12.4. The number of carbonyl (C=O) groups is 3. The van der Waals surface area contributed by atoms with Crippen LogP contribution in [0.15, 0.2) is 48.5 Å². The van der Waals surface area contributed by atoms with Gasteiger partial charge in [-0.15, -0.1) is 0 Å². The molecule has 2 atom stereocenters. The third-order valence-corrected chi connectivity index (χ3v) is 5.01. The average molecular weight is 410 g/mol. The van der Waals surface area contributed by atoms with Gasteiger partial charge in [-0.1, -0.05) is 25.1 Å². The van der Waals surface area contributed by atoms with E-state index in [0.717, 1.165) is 23.4 Å². The van der Waals surface area contributed by atoms with Crippen molar-refractivity contribution in [3.05, 3.63) is 54.1 Å². The Balaban J connectivity index is 1.72. The van der Waals surface area contributed by atoms with Crippen LogP contribution in [0.2, 0.25) is 0 Å². The van der Waals surface area contributed by atoms with Crippen LogP contribution in [-0.2, 0) is 14.3 Å². The molecule has 1 heterocycles. The molecule has 0 bridgehead atoms. The highest BCUT2D eigenvalue weighted by atomic mass is 16.6. The Morgan fingerprint density at radius 3 is 2.43 bits per heavy atom. The van der Waals surface area contributed by atoms with Crippen LogP contribution >= 0.6 is 0 Å². The Kier molecular flexibility index (Phi) is 6.68. The summed E-state index contributed by atoms with van der Waals surface area (Å²) in [6.45, 7) is 3.57. The molecule has 1 aliphatic rings. The maximum Gasteiger partial charge on any atom is 0.419 e. The fraction of sp³-hybridized carbons (Fsp3) is 0.318. The van der Waals surface area contributed by atoms with E-state index in [1.165, 1.54) is 0 Å². The first kappa shape index (κ1) is 21.3. The summed E-state index contributed by atoms with van der Waals surface area (Å²) in [7, 11) is 0. The minimum Gasteiger partial charge on any atom is -0.378 e. The molecule has 0 saturated heterocycles. The zero-order valence-corrected chi connectivity index (χ0v) is 17.1. The lowest BCUT2D eigenvalue weighted by Crippen LogP contribution is -2.44. The van der Waals surface area contributed by atoms with Gasteiger partial charge in [-0.3, -0.25) is 14.9 Å². The predicted octanol–water partition coefficient (Wildman–Crippen LogP) is 3.41. The Morgan fingerprint density at radius 2 is 1.77 bits per heavy atom. The van der Waals surface area contributed by atoms with Gasteiger partial charge in [0, 0.05) is 29.5 Å². The number of para-hydroxylation sites is 1. The van der Waals surface area contributed by atoms with Crippen LogP contribution in [0.4, 0.5) is 21.9 Å². The van der Waals surface area contributed by atoms with E-state index >= 15 is 0 Å². The SMILES string of the molecule is CCC(=O)N1c2ccccc2[C@H](Nc2ccc(NC(=O)OC(=O)CN)cc2)C[C@@H]1C. The van der Waals surface area contributed by atoms with Crippen molar-refractivity contribution in [2.45, 2.75) is 38.8 Å². The number of fused-ring (bicyclic) bond motifs is 1. The quantitative estimate of drug-likeness (QED) is 0.514. The summed E-state index contributed by atoms with van der Waals surface area (Å²) in [6, 6.07) is 15.1. The van der Waals surface area contributed by atoms with Gasteiger partial charge in [-0.05, 0) is 49.2 Å². The molecular weight excluding hydrogens is 384 g/mol. The number of anilines is 3. The monoisotopic (exact) mass is 410 g/mol. The second-order valence-electron chi connectivity index (χ2n) is 7.13. The second kappa shape index (κ2) is 9.41. The lowest BCUT2D eigenvalue weighted by Gasteiger charge is -2.40. The molecule has 30 heavy (non-hydrogen) atoms. The van der Waals surface area contributed by atoms with Gasteiger partial charge in [-0.25, -0.2) is 4.79 Å². The molecule has 2 amide bonds. The molecule has 1 aliphatic heterocycles. The van der Waals surface area contributed by atoms with Crippen LogP contribution in [0.25, 0.3) is 0 Å². The number of esters is 1. The van der Waals surface area contributed by atoms with Crippen LogP contribution in [0.1, 0.15) is 38.3 Å². The molecular formula is C22H26N4O4. The highest BCUT2D eigenvalue weighted by Crippen LogP contribution is 2.39. The zero-order valence-electron chi connectivity index (χ0n) is 17.1. The van der Waals surface area contributed by atoms with Crippen molar-refractivity contribution in [1.82, 2.24) is 0 Å². The number of amides is 2. The fourth-order valence-electron chi connectivity index (χ4n) is 3.64. The summed E-state index contributed by atoms with van der Waals surface area (Å²) in [5.74, 6) is -0.685. The van der Waals surface area contributed by atoms with Crippen molar-refractivity contribution < 1.29 is 19.1 Å². The zero-order chi connectivity index (χ0) is 21.7. The van der Waals surface area contributed by atoms with Crippen molar-refractivity contribution in [3.63, 3.8) is 0 Å². The number of carbonyl (C=O) groups excluding carboxylic acids is 3. The lowest BCUT2D eigenvalue weighted by atomic mass is 9.91. The number of nitrogens with two attached hydrogens (primary N) is 1. The van der Waals surface area contributed by atoms with Crippen LogP contribution in [0.3, 0.4) is 0 Å². The molecule has 4 N–H and O–H groups in total. The molecule has 0 aliphatic carbocycles. The van der Waals surface area contributed by atoms with Gasteiger partial charge >= 0.3 is 12.1 Å². The van der Waals surface area contributed by atoms with Gasteiger partial charge in [0.25, 0.3) is 0 Å². The van der Waals surface area contributed by atoms with Crippen molar-refractivity contribution >= 4 is 35.0 Å². The molecule has 8 heteroatoms. The van der Waals surface area contributed by atoms with E-state index in [9.17, 15) is 14.4 Å². The van der Waals surface area contributed by atoms with E-state index in [0.29, 0.717) is 12.1 Å². The average Bonchev–Trinajstić information content (AvgIpc) is 2.74. The van der Waals surface area contributed by atoms with Gasteiger partial charge in [0.2, 0.25) is 5.91 Å². The first-order valence-corrected chi connectivity index (χ1v) is 9.92. The summed E-state index contributed by atoms with van der Waals surface area (Å²) in [5.41, 5.74) is 8.49. The highest BCUT2D eigenvalue weighted by molar-refractivity contribution is 5.95. The molecule has 0 spiro atoms. The molecule has 2 aromatic carbocycles. The smallest absolute Gasteiger partial charge is 0.378 e. The third-order valence-electron chi connectivity index (χ3n) is 5.01. The van der Waals surface area contributed by atoms with Crippen LogP contribution in [0.5, 0.6) is 0 Å². The molecule has 3 rings (SSSR count). The number of hydrogen-bond donors (Lipinski definition) is 3. The fourth-order valence-corrected chi connectivity index (χ4v) is 3.64. The molecule has 0 unspecified atom stereocenters.